The number of rotatable bonds is 28. The van der Waals surface area contributed by atoms with Crippen LogP contribution in [0.5, 0.6) is 0 Å². The van der Waals surface area contributed by atoms with Crippen LogP contribution in [-0.2, 0) is 4.79 Å². The molecule has 4 N–H and O–H groups in total. The van der Waals surface area contributed by atoms with Gasteiger partial charge < -0.3 is 11.5 Å². The van der Waals surface area contributed by atoms with Crippen LogP contribution in [0.25, 0.3) is 0 Å². The van der Waals surface area contributed by atoms with E-state index in [0.717, 1.165) is 32.1 Å². The highest BCUT2D eigenvalue weighted by Gasteiger charge is 2.16. The molecule has 0 aliphatic rings. The lowest BCUT2D eigenvalue weighted by Crippen LogP contribution is -2.37. The Hall–Kier alpha value is -0.670. The second-order valence-electron chi connectivity index (χ2n) is 11.0. The normalized spacial score (nSPS) is 13.5. The molecule has 208 valence electrons. The van der Waals surface area contributed by atoms with Crippen molar-refractivity contribution in [2.75, 3.05) is 6.54 Å². The van der Waals surface area contributed by atoms with Gasteiger partial charge in [0.1, 0.15) is 5.78 Å². The van der Waals surface area contributed by atoms with Crippen molar-refractivity contribution in [3.63, 3.8) is 0 Å². The fraction of sp³-hybridized carbons (Fsp3) is 0.906. The van der Waals surface area contributed by atoms with E-state index in [1.54, 1.807) is 0 Å². The van der Waals surface area contributed by atoms with Crippen LogP contribution in [0, 0.1) is 5.92 Å². The second-order valence-corrected chi connectivity index (χ2v) is 11.0. The Kier molecular flexibility index (Phi) is 27.4. The topological polar surface area (TPSA) is 69.1 Å². The van der Waals surface area contributed by atoms with Gasteiger partial charge >= 0.3 is 0 Å². The minimum Gasteiger partial charge on any atom is -0.329 e. The van der Waals surface area contributed by atoms with Crippen LogP contribution >= 0.6 is 0 Å². The van der Waals surface area contributed by atoms with Gasteiger partial charge in [-0.25, -0.2) is 0 Å². The van der Waals surface area contributed by atoms with Gasteiger partial charge in [0.25, 0.3) is 0 Å². The van der Waals surface area contributed by atoms with Crippen LogP contribution in [0.2, 0.25) is 0 Å². The Morgan fingerprint density at radius 2 is 1.03 bits per heavy atom. The molecule has 0 aliphatic heterocycles. The summed E-state index contributed by atoms with van der Waals surface area (Å²) in [5.74, 6) is 0.932. The summed E-state index contributed by atoms with van der Waals surface area (Å²) >= 11 is 0. The zero-order valence-electron chi connectivity index (χ0n) is 24.1. The quantitative estimate of drug-likeness (QED) is 0.0843. The summed E-state index contributed by atoms with van der Waals surface area (Å²) in [6.07, 6.45) is 34.3. The van der Waals surface area contributed by atoms with Crippen molar-refractivity contribution in [3.05, 3.63) is 12.2 Å². The standard InChI is InChI=1S/C32H64N2O/c1-3-5-7-9-11-12-13-14-15-16-17-18-19-21-23-27-31(35)28-24-26-30(32(34)29-33)25-22-20-10-8-6-4-2/h14-15,30,32H,3-13,16-29,33-34H2,1-2H3/b15-14-. The van der Waals surface area contributed by atoms with Gasteiger partial charge in [0.15, 0.2) is 0 Å². The van der Waals surface area contributed by atoms with E-state index in [1.165, 1.54) is 122 Å². The third kappa shape index (κ3) is 24.8. The minimum absolute atomic E-state index is 0.0890. The van der Waals surface area contributed by atoms with Crippen molar-refractivity contribution in [1.82, 2.24) is 0 Å². The molecule has 0 heterocycles. The Morgan fingerprint density at radius 3 is 1.57 bits per heavy atom. The second kappa shape index (κ2) is 27.9. The molecule has 0 aromatic heterocycles. The molecule has 0 aliphatic carbocycles. The first-order chi connectivity index (χ1) is 17.2. The maximum absolute atomic E-state index is 12.3. The van der Waals surface area contributed by atoms with Crippen molar-refractivity contribution >= 4 is 5.78 Å². The maximum atomic E-state index is 12.3. The van der Waals surface area contributed by atoms with E-state index in [4.69, 9.17) is 11.5 Å². The number of hydrogen-bond acceptors (Lipinski definition) is 3. The lowest BCUT2D eigenvalue weighted by molar-refractivity contribution is -0.119. The Bertz CT molecular complexity index is 462. The lowest BCUT2D eigenvalue weighted by atomic mass is 9.88. The highest BCUT2D eigenvalue weighted by atomic mass is 16.1. The molecule has 0 saturated heterocycles. The number of hydrogen-bond donors (Lipinski definition) is 2. The van der Waals surface area contributed by atoms with Crippen LogP contribution in [0.3, 0.4) is 0 Å². The summed E-state index contributed by atoms with van der Waals surface area (Å²) in [4.78, 5) is 12.3. The molecule has 3 heteroatoms. The zero-order chi connectivity index (χ0) is 25.8. The van der Waals surface area contributed by atoms with Gasteiger partial charge in [-0.3, -0.25) is 4.79 Å². The van der Waals surface area contributed by atoms with Gasteiger partial charge in [-0.2, -0.15) is 0 Å². The number of nitrogens with two attached hydrogens (primary N) is 2. The fourth-order valence-corrected chi connectivity index (χ4v) is 5.03. The first-order valence-electron chi connectivity index (χ1n) is 15.8. The SMILES string of the molecule is CCCCCCCC/C=C\CCCCCCCC(=O)CCCC(CCCCCCCC)C(N)CN. The largest absolute Gasteiger partial charge is 0.329 e. The van der Waals surface area contributed by atoms with Crippen LogP contribution in [0.1, 0.15) is 168 Å². The van der Waals surface area contributed by atoms with Gasteiger partial charge in [-0.1, -0.05) is 116 Å². The number of carbonyl (C=O) groups excluding carboxylic acids is 1. The van der Waals surface area contributed by atoms with E-state index in [1.807, 2.05) is 0 Å². The number of Topliss-reactive ketones (excluding diaryl/α,β-unsaturated/α-hetero) is 1. The Morgan fingerprint density at radius 1 is 0.600 bits per heavy atom. The molecule has 0 radical (unpaired) electrons. The molecule has 3 nitrogen and oxygen atoms in total. The first-order valence-corrected chi connectivity index (χ1v) is 15.8. The molecule has 0 fully saturated rings. The van der Waals surface area contributed by atoms with E-state index < -0.39 is 0 Å². The molecule has 0 aromatic carbocycles. The van der Waals surface area contributed by atoms with E-state index in [2.05, 4.69) is 26.0 Å². The Labute approximate surface area is 220 Å². The van der Waals surface area contributed by atoms with E-state index >= 15 is 0 Å². The summed E-state index contributed by atoms with van der Waals surface area (Å²) in [6, 6.07) is 0.0890. The third-order valence-corrected chi connectivity index (χ3v) is 7.55. The average molecular weight is 493 g/mol. The zero-order valence-corrected chi connectivity index (χ0v) is 24.1. The van der Waals surface area contributed by atoms with Crippen molar-refractivity contribution < 1.29 is 4.79 Å². The fourth-order valence-electron chi connectivity index (χ4n) is 5.03. The number of ketones is 1. The summed E-state index contributed by atoms with van der Waals surface area (Å²) in [7, 11) is 0. The third-order valence-electron chi connectivity index (χ3n) is 7.55. The highest BCUT2D eigenvalue weighted by Crippen LogP contribution is 2.21. The van der Waals surface area contributed by atoms with Crippen LogP contribution in [0.4, 0.5) is 0 Å². The van der Waals surface area contributed by atoms with Gasteiger partial charge in [-0.15, -0.1) is 0 Å². The van der Waals surface area contributed by atoms with Crippen LogP contribution in [0.15, 0.2) is 12.2 Å². The molecular formula is C32H64N2O. The number of unbranched alkanes of at least 4 members (excludes halogenated alkanes) is 16. The summed E-state index contributed by atoms with van der Waals surface area (Å²) in [5, 5.41) is 0. The molecule has 35 heavy (non-hydrogen) atoms. The van der Waals surface area contributed by atoms with E-state index in [9.17, 15) is 4.79 Å². The predicted octanol–water partition coefficient (Wildman–Crippen LogP) is 9.42. The summed E-state index contributed by atoms with van der Waals surface area (Å²) in [6.45, 7) is 5.09. The molecule has 0 amide bonds. The van der Waals surface area contributed by atoms with Crippen molar-refractivity contribution in [2.45, 2.75) is 174 Å². The molecule has 0 saturated carbocycles. The maximum Gasteiger partial charge on any atom is 0.132 e. The number of carbonyl (C=O) groups is 1. The summed E-state index contributed by atoms with van der Waals surface area (Å²) < 4.78 is 0. The first kappa shape index (κ1) is 34.3. The van der Waals surface area contributed by atoms with E-state index in [-0.39, 0.29) is 6.04 Å². The van der Waals surface area contributed by atoms with Crippen LogP contribution < -0.4 is 11.5 Å². The molecule has 0 spiro atoms. The van der Waals surface area contributed by atoms with Gasteiger partial charge in [0.05, 0.1) is 0 Å². The average Bonchev–Trinajstić information content (AvgIpc) is 2.86. The monoisotopic (exact) mass is 493 g/mol. The van der Waals surface area contributed by atoms with Crippen LogP contribution in [-0.4, -0.2) is 18.4 Å². The molecular weight excluding hydrogens is 428 g/mol. The van der Waals surface area contributed by atoms with Crippen molar-refractivity contribution in [2.24, 2.45) is 17.4 Å². The minimum atomic E-state index is 0.0890. The molecule has 0 aromatic rings. The molecule has 2 unspecified atom stereocenters. The van der Waals surface area contributed by atoms with E-state index in [0.29, 0.717) is 18.2 Å². The highest BCUT2D eigenvalue weighted by molar-refractivity contribution is 5.78. The van der Waals surface area contributed by atoms with Gasteiger partial charge in [0, 0.05) is 25.4 Å². The summed E-state index contributed by atoms with van der Waals surface area (Å²) in [5.41, 5.74) is 12.1. The molecule has 2 atom stereocenters. The van der Waals surface area contributed by atoms with Gasteiger partial charge in [0.2, 0.25) is 0 Å². The predicted molar refractivity (Wildman–Crippen MR) is 157 cm³/mol. The molecule has 0 rings (SSSR count). The van der Waals surface area contributed by atoms with Gasteiger partial charge in [-0.05, 0) is 57.3 Å². The lowest BCUT2D eigenvalue weighted by Gasteiger charge is -2.22. The number of allylic oxidation sites excluding steroid dienone is 2. The smallest absolute Gasteiger partial charge is 0.132 e. The Balaban J connectivity index is 3.62. The molecule has 0 bridgehead atoms. The van der Waals surface area contributed by atoms with Crippen molar-refractivity contribution in [1.29, 1.82) is 0 Å². The van der Waals surface area contributed by atoms with Crippen molar-refractivity contribution in [3.8, 4) is 0 Å².